The average molecular weight is 275 g/mol. The van der Waals surface area contributed by atoms with Gasteiger partial charge < -0.3 is 15.3 Å². The fourth-order valence-corrected chi connectivity index (χ4v) is 2.46. The molecule has 0 aliphatic carbocycles. The molecule has 0 aliphatic heterocycles. The first-order valence-corrected chi connectivity index (χ1v) is 6.29. The number of phenolic OH excluding ortho intramolecular Hbond substituents is 2. The monoisotopic (exact) mass is 275 g/mol. The first-order chi connectivity index (χ1) is 8.16. The molecule has 0 bridgehead atoms. The summed E-state index contributed by atoms with van der Waals surface area (Å²) < 4.78 is 24.8. The Morgan fingerprint density at radius 1 is 1.22 bits per heavy atom. The van der Waals surface area contributed by atoms with E-state index in [1.807, 2.05) is 0 Å². The minimum Gasteiger partial charge on any atom is -0.504 e. The molecule has 3 N–H and O–H groups in total. The van der Waals surface area contributed by atoms with Crippen molar-refractivity contribution in [3.05, 3.63) is 17.7 Å². The second kappa shape index (κ2) is 4.83. The van der Waals surface area contributed by atoms with E-state index in [9.17, 15) is 23.4 Å². The summed E-state index contributed by atoms with van der Waals surface area (Å²) in [5.41, 5.74) is -0.0912. The zero-order valence-electron chi connectivity index (χ0n) is 9.78. The molecule has 0 atom stereocenters. The maximum atomic E-state index is 11.9. The average Bonchev–Trinajstić information content (AvgIpc) is 2.21. The van der Waals surface area contributed by atoms with Crippen molar-refractivity contribution < 1.29 is 28.5 Å². The van der Waals surface area contributed by atoms with E-state index in [1.54, 1.807) is 0 Å². The van der Waals surface area contributed by atoms with Crippen molar-refractivity contribution in [2.75, 3.05) is 14.1 Å². The Morgan fingerprint density at radius 3 is 2.17 bits per heavy atom. The van der Waals surface area contributed by atoms with Crippen LogP contribution in [0.2, 0.25) is 0 Å². The number of sulfonamides is 1. The van der Waals surface area contributed by atoms with E-state index in [0.717, 1.165) is 16.4 Å². The Bertz CT molecular complexity index is 578. The molecule has 0 unspecified atom stereocenters. The van der Waals surface area contributed by atoms with E-state index in [-0.39, 0.29) is 10.5 Å². The Labute approximate surface area is 104 Å². The predicted octanol–water partition coefficient (Wildman–Crippen LogP) is -0.0248. The summed E-state index contributed by atoms with van der Waals surface area (Å²) >= 11 is 0. The molecule has 0 aliphatic rings. The molecule has 0 saturated carbocycles. The number of aliphatic carboxylic acids is 1. The molecule has 0 heterocycles. The molecule has 1 rings (SSSR count). The summed E-state index contributed by atoms with van der Waals surface area (Å²) in [5.74, 6) is -2.43. The van der Waals surface area contributed by atoms with Crippen LogP contribution < -0.4 is 0 Å². The van der Waals surface area contributed by atoms with Gasteiger partial charge in [0.05, 0.1) is 11.3 Å². The second-order valence-electron chi connectivity index (χ2n) is 3.81. The van der Waals surface area contributed by atoms with Gasteiger partial charge in [-0.05, 0) is 11.6 Å². The Kier molecular flexibility index (Phi) is 3.82. The number of aromatic hydroxyl groups is 2. The van der Waals surface area contributed by atoms with Gasteiger partial charge >= 0.3 is 5.97 Å². The van der Waals surface area contributed by atoms with E-state index in [4.69, 9.17) is 5.11 Å². The number of carboxylic acids is 1. The first-order valence-electron chi connectivity index (χ1n) is 4.85. The number of nitrogens with zero attached hydrogens (tertiary/aromatic N) is 1. The quantitative estimate of drug-likeness (QED) is 0.665. The largest absolute Gasteiger partial charge is 0.504 e. The lowest BCUT2D eigenvalue weighted by Crippen LogP contribution is -2.24. The van der Waals surface area contributed by atoms with E-state index in [2.05, 4.69) is 0 Å². The molecule has 0 radical (unpaired) electrons. The number of rotatable bonds is 4. The highest BCUT2D eigenvalue weighted by Gasteiger charge is 2.24. The third kappa shape index (κ3) is 2.71. The predicted molar refractivity (Wildman–Crippen MR) is 62.0 cm³/mol. The van der Waals surface area contributed by atoms with Crippen molar-refractivity contribution in [3.63, 3.8) is 0 Å². The highest BCUT2D eigenvalue weighted by molar-refractivity contribution is 7.89. The number of phenols is 2. The van der Waals surface area contributed by atoms with Crippen LogP contribution >= 0.6 is 0 Å². The smallest absolute Gasteiger partial charge is 0.307 e. The maximum Gasteiger partial charge on any atom is 0.307 e. The minimum absolute atomic E-state index is 0.0912. The van der Waals surface area contributed by atoms with Crippen molar-refractivity contribution >= 4 is 16.0 Å². The zero-order chi connectivity index (χ0) is 14.1. The van der Waals surface area contributed by atoms with Gasteiger partial charge in [0, 0.05) is 20.2 Å². The van der Waals surface area contributed by atoms with Gasteiger partial charge in [-0.25, -0.2) is 12.7 Å². The van der Waals surface area contributed by atoms with Crippen LogP contribution in [0.1, 0.15) is 5.56 Å². The first kappa shape index (κ1) is 14.3. The Balaban J connectivity index is 3.51. The highest BCUT2D eigenvalue weighted by atomic mass is 32.2. The summed E-state index contributed by atoms with van der Waals surface area (Å²) in [5, 5.41) is 27.3. The molecular formula is C10H13NO6S. The van der Waals surface area contributed by atoms with Gasteiger partial charge in [-0.3, -0.25) is 4.79 Å². The number of hydrogen-bond donors (Lipinski definition) is 3. The van der Waals surface area contributed by atoms with Crippen molar-refractivity contribution in [2.24, 2.45) is 0 Å². The lowest BCUT2D eigenvalue weighted by molar-refractivity contribution is -0.136. The van der Waals surface area contributed by atoms with Crippen LogP contribution in [-0.2, 0) is 21.2 Å². The van der Waals surface area contributed by atoms with Crippen molar-refractivity contribution in [1.82, 2.24) is 4.31 Å². The molecule has 0 spiro atoms. The van der Waals surface area contributed by atoms with Gasteiger partial charge in [-0.1, -0.05) is 0 Å². The molecular weight excluding hydrogens is 262 g/mol. The molecule has 7 nitrogen and oxygen atoms in total. The third-order valence-electron chi connectivity index (χ3n) is 2.26. The van der Waals surface area contributed by atoms with Crippen LogP contribution in [0.15, 0.2) is 17.0 Å². The second-order valence-corrected chi connectivity index (χ2v) is 5.93. The number of carbonyl (C=O) groups is 1. The summed E-state index contributed by atoms with van der Waals surface area (Å²) in [6.07, 6.45) is -0.573. The van der Waals surface area contributed by atoms with Gasteiger partial charge in [0.25, 0.3) is 0 Å². The molecule has 1 aromatic rings. The fraction of sp³-hybridized carbons (Fsp3) is 0.300. The Hall–Kier alpha value is -1.80. The van der Waals surface area contributed by atoms with Gasteiger partial charge in [0.1, 0.15) is 0 Å². The SMILES string of the molecule is CN(C)S(=O)(=O)c1cc(O)c(O)cc1CC(=O)O. The third-order valence-corrected chi connectivity index (χ3v) is 4.16. The number of hydrogen-bond acceptors (Lipinski definition) is 5. The van der Waals surface area contributed by atoms with Gasteiger partial charge in [0.2, 0.25) is 10.0 Å². The summed E-state index contributed by atoms with van der Waals surface area (Å²) in [4.78, 5) is 10.3. The van der Waals surface area contributed by atoms with E-state index < -0.39 is 33.9 Å². The van der Waals surface area contributed by atoms with Crippen LogP contribution in [0.25, 0.3) is 0 Å². The van der Waals surface area contributed by atoms with E-state index >= 15 is 0 Å². The molecule has 0 saturated heterocycles. The van der Waals surface area contributed by atoms with Crippen LogP contribution in [0, 0.1) is 0 Å². The van der Waals surface area contributed by atoms with Crippen LogP contribution in [-0.4, -0.2) is 48.1 Å². The number of benzene rings is 1. The van der Waals surface area contributed by atoms with Crippen molar-refractivity contribution in [2.45, 2.75) is 11.3 Å². The standard InChI is InChI=1S/C10H13NO6S/c1-11(2)18(16,17)9-5-8(13)7(12)3-6(9)4-10(14)15/h3,5,12-13H,4H2,1-2H3,(H,14,15). The summed E-state index contributed by atoms with van der Waals surface area (Å²) in [6.45, 7) is 0. The van der Waals surface area contributed by atoms with E-state index in [0.29, 0.717) is 0 Å². The van der Waals surface area contributed by atoms with Crippen LogP contribution in [0.3, 0.4) is 0 Å². The van der Waals surface area contributed by atoms with Gasteiger partial charge in [0.15, 0.2) is 11.5 Å². The van der Waals surface area contributed by atoms with Crippen LogP contribution in [0.4, 0.5) is 0 Å². The van der Waals surface area contributed by atoms with Gasteiger partial charge in [-0.15, -0.1) is 0 Å². The molecule has 1 aromatic carbocycles. The topological polar surface area (TPSA) is 115 Å². The minimum atomic E-state index is -3.89. The summed E-state index contributed by atoms with van der Waals surface area (Å²) in [7, 11) is -1.33. The maximum absolute atomic E-state index is 11.9. The normalized spacial score (nSPS) is 11.7. The van der Waals surface area contributed by atoms with Gasteiger partial charge in [-0.2, -0.15) is 0 Å². The van der Waals surface area contributed by atoms with Crippen LogP contribution in [0.5, 0.6) is 11.5 Å². The number of carboxylic acid groups (broad SMARTS) is 1. The molecule has 0 aromatic heterocycles. The zero-order valence-corrected chi connectivity index (χ0v) is 10.6. The summed E-state index contributed by atoms with van der Waals surface area (Å²) in [6, 6.07) is 1.77. The molecule has 0 amide bonds. The Morgan fingerprint density at radius 2 is 1.72 bits per heavy atom. The fourth-order valence-electron chi connectivity index (χ4n) is 1.34. The molecule has 0 fully saturated rings. The molecule has 8 heteroatoms. The van der Waals surface area contributed by atoms with Crippen molar-refractivity contribution in [3.8, 4) is 11.5 Å². The molecule has 100 valence electrons. The highest BCUT2D eigenvalue weighted by Crippen LogP contribution is 2.32. The molecule has 18 heavy (non-hydrogen) atoms. The van der Waals surface area contributed by atoms with Crippen molar-refractivity contribution in [1.29, 1.82) is 0 Å². The van der Waals surface area contributed by atoms with E-state index in [1.165, 1.54) is 14.1 Å². The lowest BCUT2D eigenvalue weighted by Gasteiger charge is -2.15. The lowest BCUT2D eigenvalue weighted by atomic mass is 10.1.